The molecule has 1 saturated heterocycles. The zero-order chi connectivity index (χ0) is 19.2. The smallest absolute Gasteiger partial charge is 0.238 e. The van der Waals surface area contributed by atoms with Crippen LogP contribution in [0.4, 0.5) is 5.69 Å². The second-order valence-corrected chi connectivity index (χ2v) is 8.54. The fourth-order valence-electron chi connectivity index (χ4n) is 4.77. The van der Waals surface area contributed by atoms with Crippen LogP contribution in [-0.4, -0.2) is 55.0 Å². The van der Waals surface area contributed by atoms with Gasteiger partial charge in [-0.25, -0.2) is 0 Å². The number of amides is 1. The Balaban J connectivity index is 1.25. The number of anilines is 1. The Morgan fingerprint density at radius 1 is 0.857 bits per heavy atom. The topological polar surface area (TPSA) is 35.6 Å². The third kappa shape index (κ3) is 5.33. The number of rotatable bonds is 5. The summed E-state index contributed by atoms with van der Waals surface area (Å²) in [7, 11) is 0. The van der Waals surface area contributed by atoms with E-state index in [9.17, 15) is 4.79 Å². The summed E-state index contributed by atoms with van der Waals surface area (Å²) in [4.78, 5) is 17.5. The van der Waals surface area contributed by atoms with Crippen molar-refractivity contribution < 1.29 is 4.79 Å². The highest BCUT2D eigenvalue weighted by molar-refractivity contribution is 5.95. The highest BCUT2D eigenvalue weighted by atomic mass is 16.2. The number of nitrogens with one attached hydrogen (secondary N) is 1. The van der Waals surface area contributed by atoms with Crippen LogP contribution in [-0.2, 0) is 4.79 Å². The van der Waals surface area contributed by atoms with Crippen molar-refractivity contribution in [3.05, 3.63) is 42.5 Å². The maximum atomic E-state index is 12.6. The third-order valence-electron chi connectivity index (χ3n) is 6.32. The lowest BCUT2D eigenvalue weighted by Gasteiger charge is -2.28. The summed E-state index contributed by atoms with van der Waals surface area (Å²) in [5, 5.41) is 5.45. The van der Waals surface area contributed by atoms with Crippen LogP contribution in [0.3, 0.4) is 0 Å². The predicted octanol–water partition coefficient (Wildman–Crippen LogP) is 4.37. The molecule has 1 N–H and O–H groups in total. The SMILES string of the molecule is O=C(CN1CCCN(CC2CCCCC2)CC1)Nc1ccc2ccccc2c1. The summed E-state index contributed by atoms with van der Waals surface area (Å²) in [5.74, 6) is 0.993. The molecule has 0 radical (unpaired) electrons. The van der Waals surface area contributed by atoms with Crippen LogP contribution in [0.15, 0.2) is 42.5 Å². The number of carbonyl (C=O) groups is 1. The van der Waals surface area contributed by atoms with Crippen molar-refractivity contribution in [1.29, 1.82) is 0 Å². The van der Waals surface area contributed by atoms with Crippen LogP contribution < -0.4 is 5.32 Å². The summed E-state index contributed by atoms with van der Waals surface area (Å²) in [6, 6.07) is 14.4. The molecule has 0 unspecified atom stereocenters. The molecule has 1 aliphatic carbocycles. The minimum Gasteiger partial charge on any atom is -0.325 e. The number of hydrogen-bond acceptors (Lipinski definition) is 3. The average Bonchev–Trinajstić information content (AvgIpc) is 2.93. The van der Waals surface area contributed by atoms with Gasteiger partial charge in [0.25, 0.3) is 0 Å². The molecular weight excluding hydrogens is 346 g/mol. The normalized spacial score (nSPS) is 20.1. The van der Waals surface area contributed by atoms with Crippen molar-refractivity contribution in [2.75, 3.05) is 44.6 Å². The Morgan fingerprint density at radius 2 is 1.61 bits per heavy atom. The van der Waals surface area contributed by atoms with Crippen LogP contribution in [0.5, 0.6) is 0 Å². The zero-order valence-electron chi connectivity index (χ0n) is 16.9. The number of hydrogen-bond donors (Lipinski definition) is 1. The zero-order valence-corrected chi connectivity index (χ0v) is 16.9. The predicted molar refractivity (Wildman–Crippen MR) is 117 cm³/mol. The molecule has 2 aliphatic rings. The van der Waals surface area contributed by atoms with Crippen LogP contribution in [0.2, 0.25) is 0 Å². The monoisotopic (exact) mass is 379 g/mol. The molecule has 0 aromatic heterocycles. The van der Waals surface area contributed by atoms with E-state index in [2.05, 4.69) is 39.4 Å². The Bertz CT molecular complexity index is 784. The summed E-state index contributed by atoms with van der Waals surface area (Å²) >= 11 is 0. The Kier molecular flexibility index (Phi) is 6.61. The largest absolute Gasteiger partial charge is 0.325 e. The molecule has 4 nitrogen and oxygen atoms in total. The highest BCUT2D eigenvalue weighted by Crippen LogP contribution is 2.25. The van der Waals surface area contributed by atoms with E-state index >= 15 is 0 Å². The van der Waals surface area contributed by atoms with Gasteiger partial charge in [-0.1, -0.05) is 49.6 Å². The quantitative estimate of drug-likeness (QED) is 0.838. The van der Waals surface area contributed by atoms with Gasteiger partial charge in [-0.2, -0.15) is 0 Å². The lowest BCUT2D eigenvalue weighted by molar-refractivity contribution is -0.117. The minimum atomic E-state index is 0.0935. The van der Waals surface area contributed by atoms with Gasteiger partial charge in [0.15, 0.2) is 0 Å². The third-order valence-corrected chi connectivity index (χ3v) is 6.32. The second kappa shape index (κ2) is 9.53. The van der Waals surface area contributed by atoms with E-state index in [1.54, 1.807) is 0 Å². The van der Waals surface area contributed by atoms with Crippen molar-refractivity contribution in [2.24, 2.45) is 5.92 Å². The number of benzene rings is 2. The van der Waals surface area contributed by atoms with Crippen molar-refractivity contribution in [1.82, 2.24) is 9.80 Å². The van der Waals surface area contributed by atoms with Gasteiger partial charge in [0.2, 0.25) is 5.91 Å². The van der Waals surface area contributed by atoms with Crippen molar-refractivity contribution in [3.8, 4) is 0 Å². The Morgan fingerprint density at radius 3 is 2.46 bits per heavy atom. The standard InChI is InChI=1S/C24H33N3O/c28-24(25-23-12-11-21-9-4-5-10-22(21)17-23)19-27-14-6-13-26(15-16-27)18-20-7-2-1-3-8-20/h4-5,9-12,17,20H,1-3,6-8,13-16,18-19H2,(H,25,28). The first-order valence-corrected chi connectivity index (χ1v) is 11.0. The van der Waals surface area contributed by atoms with Gasteiger partial charge in [0.1, 0.15) is 0 Å². The Hall–Kier alpha value is -1.91. The van der Waals surface area contributed by atoms with E-state index in [0.717, 1.165) is 43.0 Å². The van der Waals surface area contributed by atoms with Crippen molar-refractivity contribution >= 4 is 22.4 Å². The van der Waals surface area contributed by atoms with Crippen molar-refractivity contribution in [2.45, 2.75) is 38.5 Å². The van der Waals surface area contributed by atoms with Crippen LogP contribution in [0.25, 0.3) is 10.8 Å². The fraction of sp³-hybridized carbons (Fsp3) is 0.542. The first-order valence-electron chi connectivity index (χ1n) is 11.0. The van der Waals surface area contributed by atoms with E-state index in [1.165, 1.54) is 50.6 Å². The minimum absolute atomic E-state index is 0.0935. The number of nitrogens with zero attached hydrogens (tertiary/aromatic N) is 2. The summed E-state index contributed by atoms with van der Waals surface area (Å²) in [5.41, 5.74) is 0.887. The van der Waals surface area contributed by atoms with Gasteiger partial charge in [0.05, 0.1) is 6.54 Å². The van der Waals surface area contributed by atoms with Crippen LogP contribution >= 0.6 is 0 Å². The van der Waals surface area contributed by atoms with Gasteiger partial charge in [-0.15, -0.1) is 0 Å². The Labute approximate surface area is 168 Å². The van der Waals surface area contributed by atoms with Crippen LogP contribution in [0.1, 0.15) is 38.5 Å². The van der Waals surface area contributed by atoms with E-state index in [-0.39, 0.29) is 5.91 Å². The molecule has 1 aliphatic heterocycles. The molecule has 2 aromatic carbocycles. The van der Waals surface area contributed by atoms with E-state index in [1.807, 2.05) is 18.2 Å². The molecule has 4 heteroatoms. The van der Waals surface area contributed by atoms with Gasteiger partial charge in [-0.05, 0) is 61.2 Å². The lowest BCUT2D eigenvalue weighted by Crippen LogP contribution is -2.37. The molecule has 150 valence electrons. The molecular formula is C24H33N3O. The van der Waals surface area contributed by atoms with E-state index in [0.29, 0.717) is 6.54 Å². The molecule has 28 heavy (non-hydrogen) atoms. The maximum Gasteiger partial charge on any atom is 0.238 e. The summed E-state index contributed by atoms with van der Waals surface area (Å²) in [6.07, 6.45) is 8.24. The number of carbonyl (C=O) groups excluding carboxylic acids is 1. The summed E-state index contributed by atoms with van der Waals surface area (Å²) < 4.78 is 0. The molecule has 0 spiro atoms. The first-order chi connectivity index (χ1) is 13.8. The average molecular weight is 380 g/mol. The molecule has 2 fully saturated rings. The summed E-state index contributed by atoms with van der Waals surface area (Å²) in [6.45, 7) is 6.05. The molecule has 0 bridgehead atoms. The molecule has 2 aromatic rings. The first kappa shape index (κ1) is 19.4. The van der Waals surface area contributed by atoms with Crippen molar-refractivity contribution in [3.63, 3.8) is 0 Å². The number of fused-ring (bicyclic) bond motifs is 1. The molecule has 1 heterocycles. The maximum absolute atomic E-state index is 12.6. The van der Waals surface area contributed by atoms with Gasteiger partial charge >= 0.3 is 0 Å². The molecule has 0 atom stereocenters. The van der Waals surface area contributed by atoms with Gasteiger partial charge in [0, 0.05) is 25.3 Å². The molecule has 4 rings (SSSR count). The van der Waals surface area contributed by atoms with E-state index < -0.39 is 0 Å². The van der Waals surface area contributed by atoms with Gasteiger partial charge in [-0.3, -0.25) is 9.69 Å². The highest BCUT2D eigenvalue weighted by Gasteiger charge is 2.21. The molecule has 1 saturated carbocycles. The van der Waals surface area contributed by atoms with Crippen LogP contribution in [0, 0.1) is 5.92 Å². The van der Waals surface area contributed by atoms with E-state index in [4.69, 9.17) is 0 Å². The fourth-order valence-corrected chi connectivity index (χ4v) is 4.77. The second-order valence-electron chi connectivity index (χ2n) is 8.54. The lowest BCUT2D eigenvalue weighted by atomic mass is 9.89. The van der Waals surface area contributed by atoms with Gasteiger partial charge < -0.3 is 10.2 Å². The molecule has 1 amide bonds.